The standard InChI is InChI=1S/C21H19F2N3O2/c1-12-3-2-4-14(10-24)17(12)11-26-18-9-15(21(22,23)20(27)28)7-8-16(18)19(25-26)13-5-6-13/h2-4,7-9,13,20,27-28H,5-6,11H2,1H3. The molecule has 0 amide bonds. The lowest BCUT2D eigenvalue weighted by atomic mass is 10.0. The predicted molar refractivity (Wildman–Crippen MR) is 98.8 cm³/mol. The van der Waals surface area contributed by atoms with Crippen LogP contribution < -0.4 is 0 Å². The van der Waals surface area contributed by atoms with Crippen LogP contribution in [0.5, 0.6) is 0 Å². The highest BCUT2D eigenvalue weighted by atomic mass is 19.3. The molecule has 4 rings (SSSR count). The number of nitriles is 1. The van der Waals surface area contributed by atoms with Crippen molar-refractivity contribution in [1.29, 1.82) is 5.26 Å². The van der Waals surface area contributed by atoms with E-state index in [2.05, 4.69) is 11.2 Å². The predicted octanol–water partition coefficient (Wildman–Crippen LogP) is 3.54. The number of aliphatic hydroxyl groups excluding tert-OH is 1. The lowest BCUT2D eigenvalue weighted by Gasteiger charge is -2.18. The molecular formula is C21H19F2N3O2. The highest BCUT2D eigenvalue weighted by molar-refractivity contribution is 5.84. The van der Waals surface area contributed by atoms with Crippen molar-refractivity contribution < 1.29 is 19.0 Å². The number of fused-ring (bicyclic) bond motifs is 1. The molecule has 3 aromatic rings. The van der Waals surface area contributed by atoms with E-state index in [-0.39, 0.29) is 6.54 Å². The Balaban J connectivity index is 1.87. The summed E-state index contributed by atoms with van der Waals surface area (Å²) in [6, 6.07) is 11.6. The third kappa shape index (κ3) is 3.05. The number of hydrogen-bond donors (Lipinski definition) is 2. The summed E-state index contributed by atoms with van der Waals surface area (Å²) in [5, 5.41) is 33.0. The molecule has 0 unspecified atom stereocenters. The largest absolute Gasteiger partial charge is 0.363 e. The second-order valence-corrected chi connectivity index (χ2v) is 7.26. The summed E-state index contributed by atoms with van der Waals surface area (Å²) in [7, 11) is 0. The molecule has 28 heavy (non-hydrogen) atoms. The van der Waals surface area contributed by atoms with Gasteiger partial charge in [-0.25, -0.2) is 0 Å². The average molecular weight is 383 g/mol. The molecule has 0 bridgehead atoms. The Morgan fingerprint density at radius 2 is 2.04 bits per heavy atom. The van der Waals surface area contributed by atoms with E-state index in [1.807, 2.05) is 13.0 Å². The van der Waals surface area contributed by atoms with Gasteiger partial charge in [-0.2, -0.15) is 19.1 Å². The van der Waals surface area contributed by atoms with Crippen LogP contribution in [0.3, 0.4) is 0 Å². The fraction of sp³-hybridized carbons (Fsp3) is 0.333. The topological polar surface area (TPSA) is 82.1 Å². The van der Waals surface area contributed by atoms with Crippen LogP contribution in [0.15, 0.2) is 36.4 Å². The second kappa shape index (κ2) is 6.66. The van der Waals surface area contributed by atoms with Crippen LogP contribution in [0.1, 0.15) is 46.7 Å². The summed E-state index contributed by atoms with van der Waals surface area (Å²) in [6.07, 6.45) is -0.772. The molecule has 7 heteroatoms. The van der Waals surface area contributed by atoms with Gasteiger partial charge in [0.25, 0.3) is 0 Å². The summed E-state index contributed by atoms with van der Waals surface area (Å²) in [5.74, 6) is -3.48. The zero-order valence-electron chi connectivity index (χ0n) is 15.2. The molecule has 0 atom stereocenters. The number of rotatable bonds is 5. The third-order valence-electron chi connectivity index (χ3n) is 5.29. The molecule has 0 spiro atoms. The minimum atomic E-state index is -3.79. The second-order valence-electron chi connectivity index (χ2n) is 7.26. The van der Waals surface area contributed by atoms with Crippen molar-refractivity contribution in [2.45, 2.75) is 44.4 Å². The zero-order chi connectivity index (χ0) is 20.1. The summed E-state index contributed by atoms with van der Waals surface area (Å²) in [5.41, 5.74) is 3.10. The van der Waals surface area contributed by atoms with Crippen LogP contribution in [0.4, 0.5) is 8.78 Å². The number of nitrogens with zero attached hydrogens (tertiary/aromatic N) is 3. The molecule has 5 nitrogen and oxygen atoms in total. The number of alkyl halides is 2. The van der Waals surface area contributed by atoms with Gasteiger partial charge in [0, 0.05) is 16.9 Å². The Bertz CT molecular complexity index is 1090. The van der Waals surface area contributed by atoms with Gasteiger partial charge in [0.15, 0.2) is 0 Å². The minimum absolute atomic E-state index is 0.273. The van der Waals surface area contributed by atoms with Crippen LogP contribution in [0, 0.1) is 18.3 Å². The van der Waals surface area contributed by atoms with Crippen LogP contribution in [-0.4, -0.2) is 26.3 Å². The van der Waals surface area contributed by atoms with Gasteiger partial charge in [0.2, 0.25) is 6.29 Å². The lowest BCUT2D eigenvalue weighted by Crippen LogP contribution is -2.30. The molecule has 144 valence electrons. The lowest BCUT2D eigenvalue weighted by molar-refractivity contribution is -0.214. The van der Waals surface area contributed by atoms with E-state index in [1.165, 1.54) is 12.1 Å². The van der Waals surface area contributed by atoms with E-state index < -0.39 is 17.8 Å². The molecule has 1 saturated carbocycles. The number of aryl methyl sites for hydroxylation is 1. The van der Waals surface area contributed by atoms with Crippen LogP contribution in [0.2, 0.25) is 0 Å². The smallest absolute Gasteiger partial charge is 0.322 e. The monoisotopic (exact) mass is 383 g/mol. The maximum Gasteiger partial charge on any atom is 0.322 e. The SMILES string of the molecule is Cc1cccc(C#N)c1Cn1nc(C2CC2)c2ccc(C(F)(F)C(O)O)cc21. The van der Waals surface area contributed by atoms with Crippen LogP contribution in [0.25, 0.3) is 10.9 Å². The van der Waals surface area contributed by atoms with Crippen molar-refractivity contribution in [2.24, 2.45) is 0 Å². The molecule has 0 aliphatic heterocycles. The highest BCUT2D eigenvalue weighted by Gasteiger charge is 2.40. The Hall–Kier alpha value is -2.82. The Morgan fingerprint density at radius 3 is 2.68 bits per heavy atom. The first-order valence-electron chi connectivity index (χ1n) is 9.06. The molecule has 1 aromatic heterocycles. The fourth-order valence-electron chi connectivity index (χ4n) is 3.50. The van der Waals surface area contributed by atoms with Gasteiger partial charge in [0.05, 0.1) is 29.4 Å². The number of aromatic nitrogens is 2. The van der Waals surface area contributed by atoms with Crippen molar-refractivity contribution in [3.05, 3.63) is 64.3 Å². The molecule has 0 saturated heterocycles. The summed E-state index contributed by atoms with van der Waals surface area (Å²) < 4.78 is 29.9. The Morgan fingerprint density at radius 1 is 1.29 bits per heavy atom. The molecule has 1 fully saturated rings. The van der Waals surface area contributed by atoms with Gasteiger partial charge in [-0.3, -0.25) is 4.68 Å². The first-order valence-corrected chi connectivity index (χ1v) is 9.06. The Kier molecular flexibility index (Phi) is 4.41. The van der Waals surface area contributed by atoms with Crippen LogP contribution >= 0.6 is 0 Å². The maximum absolute atomic E-state index is 14.2. The minimum Gasteiger partial charge on any atom is -0.363 e. The maximum atomic E-state index is 14.2. The molecule has 2 N–H and O–H groups in total. The average Bonchev–Trinajstić information content (AvgIpc) is 3.45. The quantitative estimate of drug-likeness (QED) is 0.660. The summed E-state index contributed by atoms with van der Waals surface area (Å²) in [6.45, 7) is 2.17. The van der Waals surface area contributed by atoms with Gasteiger partial charge in [0.1, 0.15) is 0 Å². The van der Waals surface area contributed by atoms with E-state index in [0.717, 1.165) is 35.0 Å². The van der Waals surface area contributed by atoms with E-state index in [0.29, 0.717) is 17.0 Å². The van der Waals surface area contributed by atoms with Gasteiger partial charge in [-0.15, -0.1) is 0 Å². The molecular weight excluding hydrogens is 364 g/mol. The number of aliphatic hydroxyl groups is 2. The van der Waals surface area contributed by atoms with Gasteiger partial charge >= 0.3 is 5.92 Å². The van der Waals surface area contributed by atoms with E-state index in [4.69, 9.17) is 10.2 Å². The van der Waals surface area contributed by atoms with Gasteiger partial charge in [-0.1, -0.05) is 24.3 Å². The van der Waals surface area contributed by atoms with E-state index >= 15 is 0 Å². The molecule has 1 heterocycles. The molecule has 0 radical (unpaired) electrons. The van der Waals surface area contributed by atoms with Crippen molar-refractivity contribution in [2.75, 3.05) is 0 Å². The first kappa shape index (κ1) is 18.5. The third-order valence-corrected chi connectivity index (χ3v) is 5.29. The van der Waals surface area contributed by atoms with Crippen molar-refractivity contribution in [1.82, 2.24) is 9.78 Å². The Labute approximate surface area is 160 Å². The van der Waals surface area contributed by atoms with E-state index in [9.17, 15) is 14.0 Å². The van der Waals surface area contributed by atoms with Gasteiger partial charge in [-0.05, 0) is 43.0 Å². The summed E-state index contributed by atoms with van der Waals surface area (Å²) >= 11 is 0. The fourth-order valence-corrected chi connectivity index (χ4v) is 3.50. The molecule has 1 aliphatic carbocycles. The zero-order valence-corrected chi connectivity index (χ0v) is 15.2. The van der Waals surface area contributed by atoms with Crippen molar-refractivity contribution >= 4 is 10.9 Å². The first-order chi connectivity index (χ1) is 13.3. The van der Waals surface area contributed by atoms with Gasteiger partial charge < -0.3 is 10.2 Å². The summed E-state index contributed by atoms with van der Waals surface area (Å²) in [4.78, 5) is 0. The molecule has 1 aliphatic rings. The molecule has 2 aromatic carbocycles. The normalized spacial score (nSPS) is 14.6. The highest BCUT2D eigenvalue weighted by Crippen LogP contribution is 2.43. The number of benzene rings is 2. The van der Waals surface area contributed by atoms with Crippen molar-refractivity contribution in [3.63, 3.8) is 0 Å². The van der Waals surface area contributed by atoms with E-state index in [1.54, 1.807) is 22.9 Å². The number of halogens is 2. The van der Waals surface area contributed by atoms with Crippen molar-refractivity contribution in [3.8, 4) is 6.07 Å². The van der Waals surface area contributed by atoms with Crippen LogP contribution in [-0.2, 0) is 12.5 Å². The number of hydrogen-bond acceptors (Lipinski definition) is 4.